The van der Waals surface area contributed by atoms with Crippen molar-refractivity contribution in [2.24, 2.45) is 0 Å². The summed E-state index contributed by atoms with van der Waals surface area (Å²) in [7, 11) is 0. The molecule has 0 radical (unpaired) electrons. The highest BCUT2D eigenvalue weighted by molar-refractivity contribution is 5.71. The summed E-state index contributed by atoms with van der Waals surface area (Å²) in [5.41, 5.74) is 0. The molecule has 0 heterocycles. The Bertz CT molecular complexity index is 1380. The summed E-state index contributed by atoms with van der Waals surface area (Å²) >= 11 is 0. The molecule has 0 fully saturated rings. The van der Waals surface area contributed by atoms with Crippen molar-refractivity contribution in [2.75, 3.05) is 13.2 Å². The smallest absolute Gasteiger partial charge is 0.306 e. The van der Waals surface area contributed by atoms with Crippen LogP contribution in [0, 0.1) is 0 Å². The van der Waals surface area contributed by atoms with E-state index in [1.165, 1.54) is 276 Å². The molecule has 0 rings (SSSR count). The Kier molecular flexibility index (Phi) is 66.6. The molecular formula is C74H136O6. The first-order chi connectivity index (χ1) is 39.5. The van der Waals surface area contributed by atoms with Crippen molar-refractivity contribution in [3.05, 3.63) is 48.6 Å². The average Bonchev–Trinajstić information content (AvgIpc) is 3.46. The van der Waals surface area contributed by atoms with Gasteiger partial charge in [0.05, 0.1) is 0 Å². The zero-order valence-corrected chi connectivity index (χ0v) is 53.9. The molecule has 1 atom stereocenters. The molecule has 468 valence electrons. The Hall–Kier alpha value is -2.63. The van der Waals surface area contributed by atoms with Crippen LogP contribution in [0.1, 0.15) is 387 Å². The van der Waals surface area contributed by atoms with Crippen molar-refractivity contribution in [2.45, 2.75) is 393 Å². The molecule has 0 spiro atoms. The lowest BCUT2D eigenvalue weighted by molar-refractivity contribution is -0.167. The monoisotopic (exact) mass is 1120 g/mol. The molecule has 0 saturated carbocycles. The minimum absolute atomic E-state index is 0.0693. The summed E-state index contributed by atoms with van der Waals surface area (Å²) < 4.78 is 17.0. The molecule has 6 nitrogen and oxygen atoms in total. The second-order valence-electron chi connectivity index (χ2n) is 24.1. The van der Waals surface area contributed by atoms with Gasteiger partial charge in [0.25, 0.3) is 0 Å². The molecule has 0 amide bonds. The SMILES string of the molecule is CCCCC/C=C\C/C=C\CCCCCCCCCCCC(=O)OC(COC(=O)CCCCCCCCCCCCCC)COC(=O)CCCCCCCCCCCCCCCCCCCCC/C=C\C/C=C\CCCCCCC. The molecular weight excluding hydrogens is 985 g/mol. The zero-order valence-electron chi connectivity index (χ0n) is 53.9. The average molecular weight is 1120 g/mol. The minimum atomic E-state index is -0.773. The molecule has 0 aliphatic rings. The number of carbonyl (C=O) groups excluding carboxylic acids is 3. The first kappa shape index (κ1) is 77.4. The highest BCUT2D eigenvalue weighted by atomic mass is 16.6. The summed E-state index contributed by atoms with van der Waals surface area (Å²) in [5, 5.41) is 0. The molecule has 0 aromatic carbocycles. The van der Waals surface area contributed by atoms with E-state index in [1.54, 1.807) is 0 Å². The molecule has 80 heavy (non-hydrogen) atoms. The Balaban J connectivity index is 4.15. The van der Waals surface area contributed by atoms with E-state index in [1.807, 2.05) is 0 Å². The van der Waals surface area contributed by atoms with Gasteiger partial charge >= 0.3 is 17.9 Å². The van der Waals surface area contributed by atoms with Gasteiger partial charge < -0.3 is 14.2 Å². The molecule has 0 saturated heterocycles. The van der Waals surface area contributed by atoms with E-state index in [-0.39, 0.29) is 31.1 Å². The lowest BCUT2D eigenvalue weighted by Crippen LogP contribution is -2.30. The van der Waals surface area contributed by atoms with E-state index in [9.17, 15) is 14.4 Å². The van der Waals surface area contributed by atoms with Crippen LogP contribution in [-0.2, 0) is 28.6 Å². The van der Waals surface area contributed by atoms with Crippen LogP contribution in [0.5, 0.6) is 0 Å². The molecule has 0 aliphatic carbocycles. The number of allylic oxidation sites excluding steroid dienone is 8. The third-order valence-corrected chi connectivity index (χ3v) is 16.1. The van der Waals surface area contributed by atoms with Crippen LogP contribution in [0.3, 0.4) is 0 Å². The van der Waals surface area contributed by atoms with Gasteiger partial charge in [-0.05, 0) is 83.5 Å². The summed E-state index contributed by atoms with van der Waals surface area (Å²) in [6, 6.07) is 0. The number of hydrogen-bond acceptors (Lipinski definition) is 6. The number of esters is 3. The Labute approximate surface area is 498 Å². The van der Waals surface area contributed by atoms with Gasteiger partial charge in [-0.1, -0.05) is 333 Å². The maximum Gasteiger partial charge on any atom is 0.306 e. The van der Waals surface area contributed by atoms with Crippen LogP contribution < -0.4 is 0 Å². The Morgan fingerprint density at radius 1 is 0.250 bits per heavy atom. The highest BCUT2D eigenvalue weighted by Gasteiger charge is 2.19. The summed E-state index contributed by atoms with van der Waals surface area (Å²) in [6.07, 6.45) is 87.2. The van der Waals surface area contributed by atoms with E-state index in [4.69, 9.17) is 14.2 Å². The van der Waals surface area contributed by atoms with Crippen LogP contribution in [0.4, 0.5) is 0 Å². The van der Waals surface area contributed by atoms with Crippen LogP contribution in [-0.4, -0.2) is 37.2 Å². The molecule has 0 aromatic rings. The topological polar surface area (TPSA) is 78.9 Å². The van der Waals surface area contributed by atoms with Crippen molar-refractivity contribution in [3.63, 3.8) is 0 Å². The quantitative estimate of drug-likeness (QED) is 0.0261. The van der Waals surface area contributed by atoms with Crippen molar-refractivity contribution < 1.29 is 28.6 Å². The number of hydrogen-bond donors (Lipinski definition) is 0. The normalized spacial score (nSPS) is 12.3. The number of carbonyl (C=O) groups is 3. The van der Waals surface area contributed by atoms with Gasteiger partial charge in [-0.3, -0.25) is 14.4 Å². The van der Waals surface area contributed by atoms with Gasteiger partial charge in [0.2, 0.25) is 0 Å². The standard InChI is InChI=1S/C74H136O6/c1-4-7-10-13-16-19-22-25-27-29-31-32-33-34-35-36-37-38-39-40-41-42-44-45-47-49-52-55-58-61-64-67-73(76)79-70-71(69-78-72(75)66-63-60-57-54-51-24-21-18-15-12-9-6-3)80-74(77)68-65-62-59-56-53-50-48-46-43-30-28-26-23-20-17-14-11-8-5-2/h17,20,22,25-26,28-29,31,71H,4-16,18-19,21,23-24,27,30,32-70H2,1-3H3/b20-17-,25-22-,28-26-,31-29-. The fraction of sp³-hybridized carbons (Fsp3) is 0.851. The minimum Gasteiger partial charge on any atom is -0.462 e. The lowest BCUT2D eigenvalue weighted by Gasteiger charge is -2.18. The first-order valence-corrected chi connectivity index (χ1v) is 35.6. The van der Waals surface area contributed by atoms with Crippen molar-refractivity contribution in [1.82, 2.24) is 0 Å². The fourth-order valence-corrected chi connectivity index (χ4v) is 10.7. The van der Waals surface area contributed by atoms with Crippen molar-refractivity contribution >= 4 is 17.9 Å². The van der Waals surface area contributed by atoms with Crippen LogP contribution in [0.25, 0.3) is 0 Å². The number of rotatable bonds is 66. The van der Waals surface area contributed by atoms with Gasteiger partial charge in [-0.25, -0.2) is 0 Å². The van der Waals surface area contributed by atoms with E-state index in [0.717, 1.165) is 70.6 Å². The summed E-state index contributed by atoms with van der Waals surface area (Å²) in [5.74, 6) is -0.847. The second kappa shape index (κ2) is 68.9. The zero-order chi connectivity index (χ0) is 57.8. The maximum absolute atomic E-state index is 12.9. The third kappa shape index (κ3) is 66.2. The predicted molar refractivity (Wildman–Crippen MR) is 349 cm³/mol. The molecule has 1 unspecified atom stereocenters. The van der Waals surface area contributed by atoms with Crippen LogP contribution in [0.15, 0.2) is 48.6 Å². The molecule has 0 aromatic heterocycles. The van der Waals surface area contributed by atoms with E-state index in [2.05, 4.69) is 69.4 Å². The van der Waals surface area contributed by atoms with Crippen molar-refractivity contribution in [3.8, 4) is 0 Å². The van der Waals surface area contributed by atoms with Gasteiger partial charge in [0.1, 0.15) is 13.2 Å². The van der Waals surface area contributed by atoms with Gasteiger partial charge in [-0.2, -0.15) is 0 Å². The van der Waals surface area contributed by atoms with E-state index < -0.39 is 6.10 Å². The Morgan fingerprint density at radius 2 is 0.450 bits per heavy atom. The molecule has 0 bridgehead atoms. The highest BCUT2D eigenvalue weighted by Crippen LogP contribution is 2.18. The first-order valence-electron chi connectivity index (χ1n) is 35.6. The van der Waals surface area contributed by atoms with Crippen LogP contribution in [0.2, 0.25) is 0 Å². The molecule has 6 heteroatoms. The van der Waals surface area contributed by atoms with E-state index in [0.29, 0.717) is 19.3 Å². The van der Waals surface area contributed by atoms with Gasteiger partial charge in [-0.15, -0.1) is 0 Å². The fourth-order valence-electron chi connectivity index (χ4n) is 10.7. The lowest BCUT2D eigenvalue weighted by atomic mass is 10.0. The maximum atomic E-state index is 12.9. The largest absolute Gasteiger partial charge is 0.462 e. The number of ether oxygens (including phenoxy) is 3. The van der Waals surface area contributed by atoms with Crippen molar-refractivity contribution in [1.29, 1.82) is 0 Å². The predicted octanol–water partition coefficient (Wildman–Crippen LogP) is 24.5. The number of unbranched alkanes of at least 4 members (excludes halogenated alkanes) is 47. The summed E-state index contributed by atoms with van der Waals surface area (Å²) in [4.78, 5) is 38.4. The second-order valence-corrected chi connectivity index (χ2v) is 24.1. The third-order valence-electron chi connectivity index (χ3n) is 16.1. The molecule has 0 N–H and O–H groups in total. The van der Waals surface area contributed by atoms with Gasteiger partial charge in [0.15, 0.2) is 6.10 Å². The van der Waals surface area contributed by atoms with E-state index >= 15 is 0 Å². The Morgan fingerprint density at radius 3 is 0.713 bits per heavy atom. The molecule has 0 aliphatic heterocycles. The van der Waals surface area contributed by atoms with Crippen LogP contribution >= 0.6 is 0 Å². The van der Waals surface area contributed by atoms with Gasteiger partial charge in [0, 0.05) is 19.3 Å². The summed E-state index contributed by atoms with van der Waals surface area (Å²) in [6.45, 7) is 6.66.